The standard InChI is InChI=1S/C23H16ClNO5/c24-19-20(23(30-22(19)27)29-21(26)15-7-3-1-4-8-15)25-16-11-13-18(14-12-16)28-17-9-5-2-6-10-17/h1-14,19,23H. The first-order valence-corrected chi connectivity index (χ1v) is 9.56. The molecule has 1 saturated heterocycles. The van der Waals surface area contributed by atoms with Crippen LogP contribution in [-0.2, 0) is 14.3 Å². The normalized spacial score (nSPS) is 19.4. The average molecular weight is 422 g/mol. The molecule has 30 heavy (non-hydrogen) atoms. The van der Waals surface area contributed by atoms with Crippen LogP contribution in [0.25, 0.3) is 0 Å². The van der Waals surface area contributed by atoms with E-state index in [-0.39, 0.29) is 5.71 Å². The topological polar surface area (TPSA) is 74.2 Å². The SMILES string of the molecule is O=C(OC1OC(=O)C(Cl)C1=Nc1ccc(Oc2ccccc2)cc1)c1ccccc1. The van der Waals surface area contributed by atoms with Crippen molar-refractivity contribution in [1.82, 2.24) is 0 Å². The second-order valence-corrected chi connectivity index (χ2v) is 6.78. The molecule has 1 aliphatic heterocycles. The van der Waals surface area contributed by atoms with Crippen molar-refractivity contribution in [1.29, 1.82) is 0 Å². The summed E-state index contributed by atoms with van der Waals surface area (Å²) in [6.07, 6.45) is -1.28. The summed E-state index contributed by atoms with van der Waals surface area (Å²) in [6.45, 7) is 0. The number of aliphatic imine (C=N–C) groups is 1. The van der Waals surface area contributed by atoms with Crippen molar-refractivity contribution in [3.05, 3.63) is 90.5 Å². The second-order valence-electron chi connectivity index (χ2n) is 6.35. The number of alkyl halides is 1. The lowest BCUT2D eigenvalue weighted by atomic mass is 10.2. The summed E-state index contributed by atoms with van der Waals surface area (Å²) in [6, 6.07) is 24.6. The first kappa shape index (κ1) is 19.7. The van der Waals surface area contributed by atoms with E-state index in [1.165, 1.54) is 0 Å². The van der Waals surface area contributed by atoms with Crippen LogP contribution in [-0.4, -0.2) is 29.3 Å². The van der Waals surface area contributed by atoms with Crippen LogP contribution in [0.15, 0.2) is 89.9 Å². The number of rotatable bonds is 5. The van der Waals surface area contributed by atoms with Crippen LogP contribution >= 0.6 is 11.6 Å². The largest absolute Gasteiger partial charge is 0.457 e. The maximum Gasteiger partial charge on any atom is 0.341 e. The Hall–Kier alpha value is -3.64. The fraction of sp³-hybridized carbons (Fsp3) is 0.0870. The van der Waals surface area contributed by atoms with Gasteiger partial charge in [0.05, 0.1) is 11.3 Å². The van der Waals surface area contributed by atoms with Gasteiger partial charge in [-0.25, -0.2) is 14.6 Å². The van der Waals surface area contributed by atoms with E-state index in [9.17, 15) is 9.59 Å². The molecule has 0 saturated carbocycles. The molecule has 0 N–H and O–H groups in total. The third-order valence-electron chi connectivity index (χ3n) is 4.23. The van der Waals surface area contributed by atoms with Crippen LogP contribution in [0, 0.1) is 0 Å². The molecular weight excluding hydrogens is 406 g/mol. The third-order valence-corrected chi connectivity index (χ3v) is 4.63. The Labute approximate surface area is 177 Å². The van der Waals surface area contributed by atoms with Gasteiger partial charge >= 0.3 is 11.9 Å². The van der Waals surface area contributed by atoms with Crippen molar-refractivity contribution in [2.45, 2.75) is 11.7 Å². The molecule has 7 heteroatoms. The van der Waals surface area contributed by atoms with E-state index in [4.69, 9.17) is 25.8 Å². The molecule has 0 bridgehead atoms. The Morgan fingerprint density at radius 1 is 0.867 bits per heavy atom. The van der Waals surface area contributed by atoms with E-state index in [2.05, 4.69) is 4.99 Å². The van der Waals surface area contributed by atoms with Gasteiger partial charge in [0.15, 0.2) is 5.38 Å². The lowest BCUT2D eigenvalue weighted by Crippen LogP contribution is -2.26. The third kappa shape index (κ3) is 4.50. The fourth-order valence-corrected chi connectivity index (χ4v) is 2.96. The predicted octanol–water partition coefficient (Wildman–Crippen LogP) is 4.90. The number of cyclic esters (lactones) is 1. The number of halogens is 1. The molecule has 0 amide bonds. The maximum absolute atomic E-state index is 12.3. The zero-order chi connectivity index (χ0) is 20.9. The zero-order valence-electron chi connectivity index (χ0n) is 15.6. The van der Waals surface area contributed by atoms with Gasteiger partial charge in [0.25, 0.3) is 6.29 Å². The Morgan fingerprint density at radius 3 is 2.13 bits per heavy atom. The molecule has 2 atom stereocenters. The highest BCUT2D eigenvalue weighted by Crippen LogP contribution is 2.27. The average Bonchev–Trinajstić information content (AvgIpc) is 3.04. The molecular formula is C23H16ClNO5. The molecule has 2 unspecified atom stereocenters. The number of hydrogen-bond donors (Lipinski definition) is 0. The quantitative estimate of drug-likeness (QED) is 0.432. The van der Waals surface area contributed by atoms with E-state index in [0.717, 1.165) is 0 Å². The lowest BCUT2D eigenvalue weighted by Gasteiger charge is -2.12. The number of nitrogens with zero attached hydrogens (tertiary/aromatic N) is 1. The Balaban J connectivity index is 1.51. The maximum atomic E-state index is 12.3. The van der Waals surface area contributed by atoms with Gasteiger partial charge < -0.3 is 14.2 Å². The monoisotopic (exact) mass is 421 g/mol. The Bertz CT molecular complexity index is 1070. The van der Waals surface area contributed by atoms with Crippen LogP contribution in [0.3, 0.4) is 0 Å². The van der Waals surface area contributed by atoms with Gasteiger partial charge in [-0.15, -0.1) is 11.6 Å². The molecule has 6 nitrogen and oxygen atoms in total. The van der Waals surface area contributed by atoms with Crippen LogP contribution in [0.5, 0.6) is 11.5 Å². The first-order valence-electron chi connectivity index (χ1n) is 9.12. The summed E-state index contributed by atoms with van der Waals surface area (Å²) < 4.78 is 16.1. The van der Waals surface area contributed by atoms with Gasteiger partial charge in [-0.2, -0.15) is 0 Å². The molecule has 1 aliphatic rings. The second kappa shape index (κ2) is 8.80. The zero-order valence-corrected chi connectivity index (χ0v) is 16.4. The van der Waals surface area contributed by atoms with Crippen LogP contribution in [0.2, 0.25) is 0 Å². The lowest BCUT2D eigenvalue weighted by molar-refractivity contribution is -0.151. The van der Waals surface area contributed by atoms with Crippen molar-refractivity contribution < 1.29 is 23.8 Å². The van der Waals surface area contributed by atoms with Crippen LogP contribution in [0.1, 0.15) is 10.4 Å². The smallest absolute Gasteiger partial charge is 0.341 e. The number of carbonyl (C=O) groups excluding carboxylic acids is 2. The van der Waals surface area contributed by atoms with Gasteiger partial charge in [-0.3, -0.25) is 0 Å². The summed E-state index contributed by atoms with van der Waals surface area (Å²) in [5.74, 6) is -0.0257. The number of esters is 2. The number of benzene rings is 3. The van der Waals surface area contributed by atoms with Gasteiger partial charge in [-0.1, -0.05) is 36.4 Å². The first-order chi connectivity index (χ1) is 14.6. The van der Waals surface area contributed by atoms with Gasteiger partial charge in [0, 0.05) is 0 Å². The number of carbonyl (C=O) groups is 2. The Kier molecular flexibility index (Phi) is 5.77. The van der Waals surface area contributed by atoms with Crippen LogP contribution in [0.4, 0.5) is 5.69 Å². The minimum Gasteiger partial charge on any atom is -0.457 e. The minimum absolute atomic E-state index is 0.114. The van der Waals surface area contributed by atoms with Gasteiger partial charge in [0.1, 0.15) is 17.2 Å². The highest BCUT2D eigenvalue weighted by Gasteiger charge is 2.43. The van der Waals surface area contributed by atoms with Gasteiger partial charge in [0.2, 0.25) is 0 Å². The summed E-state index contributed by atoms with van der Waals surface area (Å²) in [4.78, 5) is 28.6. The summed E-state index contributed by atoms with van der Waals surface area (Å²) in [5, 5.41) is -1.14. The molecule has 1 heterocycles. The number of hydrogen-bond acceptors (Lipinski definition) is 6. The van der Waals surface area contributed by atoms with E-state index in [1.54, 1.807) is 54.6 Å². The number of para-hydroxylation sites is 1. The molecule has 0 spiro atoms. The van der Waals surface area contributed by atoms with Crippen molar-refractivity contribution in [3.8, 4) is 11.5 Å². The summed E-state index contributed by atoms with van der Waals surface area (Å²) in [5.41, 5.74) is 0.950. The van der Waals surface area contributed by atoms with E-state index < -0.39 is 23.6 Å². The van der Waals surface area contributed by atoms with Crippen molar-refractivity contribution in [2.75, 3.05) is 0 Å². The summed E-state index contributed by atoms with van der Waals surface area (Å²) >= 11 is 6.12. The summed E-state index contributed by atoms with van der Waals surface area (Å²) in [7, 11) is 0. The van der Waals surface area contributed by atoms with Gasteiger partial charge in [-0.05, 0) is 48.5 Å². The van der Waals surface area contributed by atoms with E-state index in [0.29, 0.717) is 22.7 Å². The van der Waals surface area contributed by atoms with Crippen molar-refractivity contribution >= 4 is 34.9 Å². The molecule has 1 fully saturated rings. The molecule has 0 aromatic heterocycles. The fourth-order valence-electron chi connectivity index (χ4n) is 2.76. The Morgan fingerprint density at radius 2 is 1.47 bits per heavy atom. The molecule has 3 aromatic rings. The molecule has 4 rings (SSSR count). The van der Waals surface area contributed by atoms with E-state index in [1.807, 2.05) is 30.3 Å². The van der Waals surface area contributed by atoms with E-state index >= 15 is 0 Å². The molecule has 0 aliphatic carbocycles. The molecule has 0 radical (unpaired) electrons. The molecule has 3 aromatic carbocycles. The van der Waals surface area contributed by atoms with Crippen molar-refractivity contribution in [2.24, 2.45) is 4.99 Å². The highest BCUT2D eigenvalue weighted by atomic mass is 35.5. The highest BCUT2D eigenvalue weighted by molar-refractivity contribution is 6.44. The van der Waals surface area contributed by atoms with Crippen molar-refractivity contribution in [3.63, 3.8) is 0 Å². The van der Waals surface area contributed by atoms with Crippen LogP contribution < -0.4 is 4.74 Å². The predicted molar refractivity (Wildman–Crippen MR) is 111 cm³/mol. The number of ether oxygens (including phenoxy) is 3. The minimum atomic E-state index is -1.28. The molecule has 150 valence electrons.